The van der Waals surface area contributed by atoms with Gasteiger partial charge in [0.2, 0.25) is 0 Å². The summed E-state index contributed by atoms with van der Waals surface area (Å²) >= 11 is 0. The molecule has 4 nitrogen and oxygen atoms in total. The fourth-order valence-electron chi connectivity index (χ4n) is 4.05. The van der Waals surface area contributed by atoms with Crippen molar-refractivity contribution >= 4 is 6.03 Å². The number of urea groups is 1. The second-order valence-corrected chi connectivity index (χ2v) is 7.71. The zero-order valence-electron chi connectivity index (χ0n) is 16.3. The molecule has 3 rings (SSSR count). The molecule has 0 aromatic heterocycles. The molecule has 1 aliphatic heterocycles. The summed E-state index contributed by atoms with van der Waals surface area (Å²) in [6.45, 7) is 4.81. The molecule has 26 heavy (non-hydrogen) atoms. The molecule has 1 N–H and O–H groups in total. The number of ether oxygens (including phenoxy) is 1. The molecular weight excluding hydrogens is 324 g/mol. The van der Waals surface area contributed by atoms with E-state index in [0.717, 1.165) is 57.6 Å². The number of fused-ring (bicyclic) bond motifs is 1. The molecule has 0 spiro atoms. The SMILES string of the molecule is CCCCCCCOc1ccc2c(c1)C(NC(=O)N1CCCCC1)CC2. The fraction of sp³-hybridized carbons (Fsp3) is 0.682. The first-order chi connectivity index (χ1) is 12.8. The summed E-state index contributed by atoms with van der Waals surface area (Å²) < 4.78 is 5.96. The minimum Gasteiger partial charge on any atom is -0.494 e. The average molecular weight is 359 g/mol. The van der Waals surface area contributed by atoms with Crippen molar-refractivity contribution < 1.29 is 9.53 Å². The summed E-state index contributed by atoms with van der Waals surface area (Å²) in [6, 6.07) is 6.64. The van der Waals surface area contributed by atoms with Crippen molar-refractivity contribution in [1.29, 1.82) is 0 Å². The maximum atomic E-state index is 12.5. The van der Waals surface area contributed by atoms with Crippen LogP contribution in [0.2, 0.25) is 0 Å². The van der Waals surface area contributed by atoms with Crippen LogP contribution in [0.4, 0.5) is 4.79 Å². The highest BCUT2D eigenvalue weighted by Crippen LogP contribution is 2.34. The lowest BCUT2D eigenvalue weighted by Gasteiger charge is -2.28. The fourth-order valence-corrected chi connectivity index (χ4v) is 4.05. The van der Waals surface area contributed by atoms with Crippen molar-refractivity contribution in [2.24, 2.45) is 0 Å². The van der Waals surface area contributed by atoms with Crippen LogP contribution >= 0.6 is 0 Å². The van der Waals surface area contributed by atoms with Crippen molar-refractivity contribution in [3.8, 4) is 5.75 Å². The van der Waals surface area contributed by atoms with Crippen LogP contribution in [-0.2, 0) is 6.42 Å². The molecule has 2 aliphatic rings. The smallest absolute Gasteiger partial charge is 0.317 e. The van der Waals surface area contributed by atoms with Crippen molar-refractivity contribution in [3.05, 3.63) is 29.3 Å². The number of carbonyl (C=O) groups excluding carboxylic acids is 1. The van der Waals surface area contributed by atoms with Crippen LogP contribution in [0, 0.1) is 0 Å². The van der Waals surface area contributed by atoms with Crippen LogP contribution in [0.25, 0.3) is 0 Å². The topological polar surface area (TPSA) is 41.6 Å². The van der Waals surface area contributed by atoms with Gasteiger partial charge in [-0.1, -0.05) is 38.7 Å². The second-order valence-electron chi connectivity index (χ2n) is 7.71. The van der Waals surface area contributed by atoms with Crippen molar-refractivity contribution in [3.63, 3.8) is 0 Å². The standard InChI is InChI=1S/C22H34N2O2/c1-2-3-4-5-9-16-26-19-12-10-18-11-13-21(20(18)17-19)23-22(25)24-14-7-6-8-15-24/h10,12,17,21H,2-9,11,13-16H2,1H3,(H,23,25). The Morgan fingerprint density at radius 1 is 1.15 bits per heavy atom. The molecule has 0 radical (unpaired) electrons. The number of hydrogen-bond acceptors (Lipinski definition) is 2. The number of hydrogen-bond donors (Lipinski definition) is 1. The third-order valence-corrected chi connectivity index (χ3v) is 5.65. The van der Waals surface area contributed by atoms with Crippen LogP contribution in [-0.4, -0.2) is 30.6 Å². The molecule has 2 amide bonds. The summed E-state index contributed by atoms with van der Waals surface area (Å²) in [6.07, 6.45) is 11.8. The van der Waals surface area contributed by atoms with E-state index in [0.29, 0.717) is 0 Å². The number of nitrogens with zero attached hydrogens (tertiary/aromatic N) is 1. The van der Waals surface area contributed by atoms with E-state index in [9.17, 15) is 4.79 Å². The first kappa shape index (κ1) is 19.1. The Labute approximate surface area is 158 Å². The van der Waals surface area contributed by atoms with Crippen LogP contribution in [0.3, 0.4) is 0 Å². The van der Waals surface area contributed by atoms with E-state index >= 15 is 0 Å². The van der Waals surface area contributed by atoms with Gasteiger partial charge in [0.25, 0.3) is 0 Å². The van der Waals surface area contributed by atoms with Gasteiger partial charge >= 0.3 is 6.03 Å². The van der Waals surface area contributed by atoms with Crippen LogP contribution in [0.5, 0.6) is 5.75 Å². The Morgan fingerprint density at radius 2 is 1.96 bits per heavy atom. The van der Waals surface area contributed by atoms with Gasteiger partial charge in [0.1, 0.15) is 5.75 Å². The Kier molecular flexibility index (Phi) is 7.22. The van der Waals surface area contributed by atoms with E-state index < -0.39 is 0 Å². The minimum absolute atomic E-state index is 0.102. The maximum Gasteiger partial charge on any atom is 0.317 e. The largest absolute Gasteiger partial charge is 0.494 e. The predicted molar refractivity (Wildman–Crippen MR) is 106 cm³/mol. The molecule has 1 aromatic carbocycles. The Morgan fingerprint density at radius 3 is 2.77 bits per heavy atom. The number of piperidine rings is 1. The van der Waals surface area contributed by atoms with Gasteiger partial charge in [-0.05, 0) is 61.8 Å². The minimum atomic E-state index is 0.102. The molecule has 144 valence electrons. The molecular formula is C22H34N2O2. The Balaban J connectivity index is 1.51. The summed E-state index contributed by atoms with van der Waals surface area (Å²) in [4.78, 5) is 14.5. The first-order valence-electron chi connectivity index (χ1n) is 10.6. The van der Waals surface area contributed by atoms with E-state index in [1.54, 1.807) is 0 Å². The predicted octanol–water partition coefficient (Wildman–Crippen LogP) is 5.22. The van der Waals surface area contributed by atoms with E-state index in [1.807, 2.05) is 4.90 Å². The van der Waals surface area contributed by atoms with E-state index in [-0.39, 0.29) is 12.1 Å². The summed E-state index contributed by atoms with van der Waals surface area (Å²) in [5.74, 6) is 0.943. The first-order valence-corrected chi connectivity index (χ1v) is 10.6. The van der Waals surface area contributed by atoms with Crippen LogP contribution < -0.4 is 10.1 Å². The second kappa shape index (κ2) is 9.84. The van der Waals surface area contributed by atoms with E-state index in [4.69, 9.17) is 4.74 Å². The molecule has 1 unspecified atom stereocenters. The van der Waals surface area contributed by atoms with E-state index in [1.165, 1.54) is 43.2 Å². The number of aryl methyl sites for hydroxylation is 1. The number of rotatable bonds is 8. The number of benzene rings is 1. The molecule has 1 atom stereocenters. The number of carbonyl (C=O) groups is 1. The molecule has 0 bridgehead atoms. The Hall–Kier alpha value is -1.71. The number of amides is 2. The molecule has 1 heterocycles. The summed E-state index contributed by atoms with van der Waals surface area (Å²) in [5, 5.41) is 3.25. The summed E-state index contributed by atoms with van der Waals surface area (Å²) in [5.41, 5.74) is 2.60. The zero-order chi connectivity index (χ0) is 18.2. The molecule has 4 heteroatoms. The lowest BCUT2D eigenvalue weighted by molar-refractivity contribution is 0.182. The summed E-state index contributed by atoms with van der Waals surface area (Å²) in [7, 11) is 0. The third kappa shape index (κ3) is 5.15. The van der Waals surface area contributed by atoms with Gasteiger partial charge in [0.15, 0.2) is 0 Å². The van der Waals surface area contributed by atoms with Gasteiger partial charge < -0.3 is 15.0 Å². The maximum absolute atomic E-state index is 12.5. The number of likely N-dealkylation sites (tertiary alicyclic amines) is 1. The lowest BCUT2D eigenvalue weighted by atomic mass is 10.1. The number of nitrogens with one attached hydrogen (secondary N) is 1. The monoisotopic (exact) mass is 358 g/mol. The molecule has 1 aliphatic carbocycles. The van der Waals surface area contributed by atoms with Gasteiger partial charge in [-0.2, -0.15) is 0 Å². The lowest BCUT2D eigenvalue weighted by Crippen LogP contribution is -2.43. The molecule has 0 saturated carbocycles. The average Bonchev–Trinajstić information content (AvgIpc) is 3.07. The van der Waals surface area contributed by atoms with E-state index in [2.05, 4.69) is 30.4 Å². The zero-order valence-corrected chi connectivity index (χ0v) is 16.3. The van der Waals surface area contributed by atoms with Gasteiger partial charge in [-0.3, -0.25) is 0 Å². The van der Waals surface area contributed by atoms with Gasteiger partial charge in [0, 0.05) is 13.1 Å². The van der Waals surface area contributed by atoms with Crippen molar-refractivity contribution in [2.45, 2.75) is 77.2 Å². The van der Waals surface area contributed by atoms with Crippen LogP contribution in [0.15, 0.2) is 18.2 Å². The Bertz CT molecular complexity index is 582. The molecule has 1 fully saturated rings. The molecule has 1 saturated heterocycles. The molecule has 1 aromatic rings. The quantitative estimate of drug-likeness (QED) is 0.647. The van der Waals surface area contributed by atoms with Crippen LogP contribution in [0.1, 0.15) is 81.9 Å². The highest BCUT2D eigenvalue weighted by Gasteiger charge is 2.26. The highest BCUT2D eigenvalue weighted by atomic mass is 16.5. The number of unbranched alkanes of at least 4 members (excludes halogenated alkanes) is 4. The van der Waals surface area contributed by atoms with Gasteiger partial charge in [-0.15, -0.1) is 0 Å². The van der Waals surface area contributed by atoms with Gasteiger partial charge in [-0.25, -0.2) is 4.79 Å². The third-order valence-electron chi connectivity index (χ3n) is 5.65. The highest BCUT2D eigenvalue weighted by molar-refractivity contribution is 5.75. The van der Waals surface area contributed by atoms with Crippen molar-refractivity contribution in [2.75, 3.05) is 19.7 Å². The van der Waals surface area contributed by atoms with Crippen molar-refractivity contribution in [1.82, 2.24) is 10.2 Å². The van der Waals surface area contributed by atoms with Gasteiger partial charge in [0.05, 0.1) is 12.6 Å². The normalized spacial score (nSPS) is 19.3.